The fourth-order valence-electron chi connectivity index (χ4n) is 1.66. The predicted octanol–water partition coefficient (Wildman–Crippen LogP) is -1.21. The maximum atomic E-state index is 11.3. The third kappa shape index (κ3) is 3.70. The number of carbonyl (C=O) groups is 2. The molecule has 4 N–H and O–H groups in total. The molecule has 0 aliphatic carbocycles. The Balaban J connectivity index is 1.78. The Labute approximate surface area is 109 Å². The molecule has 2 atom stereocenters. The molecule has 19 heavy (non-hydrogen) atoms. The maximum Gasteiger partial charge on any atom is 0.322 e. The molecule has 2 unspecified atom stereocenters. The molecule has 3 amide bonds. The van der Waals surface area contributed by atoms with E-state index in [9.17, 15) is 14.7 Å². The van der Waals surface area contributed by atoms with Gasteiger partial charge in [-0.05, 0) is 6.92 Å². The van der Waals surface area contributed by atoms with Crippen molar-refractivity contribution in [3.05, 3.63) is 23.8 Å². The number of aromatic nitrogens is 2. The standard InChI is InChI=1S/C11H15N5O3/c1-6-3-13-7(4-12-6)5-14-9(17)2-8-10(18)16-11(19)15-8/h3-4,8-9,14,17H,2,5H2,1H3,(H2,15,16,18,19). The molecule has 0 spiro atoms. The van der Waals surface area contributed by atoms with Gasteiger partial charge in [0.1, 0.15) is 12.3 Å². The lowest BCUT2D eigenvalue weighted by Crippen LogP contribution is -2.39. The van der Waals surface area contributed by atoms with Crippen molar-refractivity contribution < 1.29 is 14.7 Å². The SMILES string of the molecule is Cc1cnc(CNC(O)CC2NC(=O)NC2=O)cn1. The van der Waals surface area contributed by atoms with Gasteiger partial charge in [0.15, 0.2) is 0 Å². The quantitative estimate of drug-likeness (QED) is 0.392. The number of nitrogens with zero attached hydrogens (tertiary/aromatic N) is 2. The van der Waals surface area contributed by atoms with Gasteiger partial charge in [-0.2, -0.15) is 0 Å². The second-order valence-electron chi connectivity index (χ2n) is 4.30. The predicted molar refractivity (Wildman–Crippen MR) is 64.7 cm³/mol. The Kier molecular flexibility index (Phi) is 4.03. The van der Waals surface area contributed by atoms with E-state index in [0.29, 0.717) is 12.2 Å². The third-order valence-corrected chi connectivity index (χ3v) is 2.67. The van der Waals surface area contributed by atoms with E-state index < -0.39 is 24.2 Å². The van der Waals surface area contributed by atoms with Crippen molar-refractivity contribution in [1.29, 1.82) is 0 Å². The molecule has 1 aromatic rings. The minimum Gasteiger partial charge on any atom is -0.379 e. The van der Waals surface area contributed by atoms with E-state index in [1.807, 2.05) is 6.92 Å². The summed E-state index contributed by atoms with van der Waals surface area (Å²) in [6.07, 6.45) is 2.42. The molecule has 8 heteroatoms. The molecule has 2 heterocycles. The van der Waals surface area contributed by atoms with Gasteiger partial charge in [-0.25, -0.2) is 4.79 Å². The molecule has 1 aliphatic rings. The number of urea groups is 1. The van der Waals surface area contributed by atoms with E-state index in [4.69, 9.17) is 0 Å². The van der Waals surface area contributed by atoms with Crippen LogP contribution in [0.25, 0.3) is 0 Å². The Morgan fingerprint density at radius 1 is 1.42 bits per heavy atom. The fraction of sp³-hybridized carbons (Fsp3) is 0.455. The van der Waals surface area contributed by atoms with Crippen molar-refractivity contribution in [2.24, 2.45) is 0 Å². The average Bonchev–Trinajstić information content (AvgIpc) is 2.67. The summed E-state index contributed by atoms with van der Waals surface area (Å²) in [6, 6.07) is -1.24. The van der Waals surface area contributed by atoms with Gasteiger partial charge in [0.2, 0.25) is 0 Å². The van der Waals surface area contributed by atoms with Crippen LogP contribution in [0.2, 0.25) is 0 Å². The largest absolute Gasteiger partial charge is 0.379 e. The Morgan fingerprint density at radius 2 is 2.21 bits per heavy atom. The van der Waals surface area contributed by atoms with Gasteiger partial charge in [-0.15, -0.1) is 0 Å². The highest BCUT2D eigenvalue weighted by atomic mass is 16.3. The molecule has 0 aromatic carbocycles. The first kappa shape index (κ1) is 13.4. The molecule has 0 saturated carbocycles. The molecule has 8 nitrogen and oxygen atoms in total. The van der Waals surface area contributed by atoms with E-state index in [1.165, 1.54) is 0 Å². The molecular weight excluding hydrogens is 250 g/mol. The highest BCUT2D eigenvalue weighted by Crippen LogP contribution is 2.02. The Bertz CT molecular complexity index is 476. The summed E-state index contributed by atoms with van der Waals surface area (Å²) in [6.45, 7) is 2.16. The van der Waals surface area contributed by atoms with Crippen molar-refractivity contribution >= 4 is 11.9 Å². The van der Waals surface area contributed by atoms with Crippen molar-refractivity contribution in [3.63, 3.8) is 0 Å². The third-order valence-electron chi connectivity index (χ3n) is 2.67. The van der Waals surface area contributed by atoms with Crippen LogP contribution in [-0.4, -0.2) is 39.3 Å². The Hall–Kier alpha value is -2.06. The number of aliphatic hydroxyl groups is 1. The molecule has 1 saturated heterocycles. The summed E-state index contributed by atoms with van der Waals surface area (Å²) in [5, 5.41) is 17.1. The average molecular weight is 265 g/mol. The smallest absolute Gasteiger partial charge is 0.322 e. The number of nitrogens with one attached hydrogen (secondary N) is 3. The van der Waals surface area contributed by atoms with Gasteiger partial charge >= 0.3 is 6.03 Å². The summed E-state index contributed by atoms with van der Waals surface area (Å²) >= 11 is 0. The zero-order valence-corrected chi connectivity index (χ0v) is 10.4. The van der Waals surface area contributed by atoms with Crippen LogP contribution in [0.5, 0.6) is 0 Å². The first-order valence-corrected chi connectivity index (χ1v) is 5.85. The first-order chi connectivity index (χ1) is 9.04. The van der Waals surface area contributed by atoms with E-state index in [1.54, 1.807) is 12.4 Å². The van der Waals surface area contributed by atoms with Crippen LogP contribution in [-0.2, 0) is 11.3 Å². The van der Waals surface area contributed by atoms with Crippen LogP contribution in [0.3, 0.4) is 0 Å². The molecule has 0 radical (unpaired) electrons. The second-order valence-corrected chi connectivity index (χ2v) is 4.30. The number of imide groups is 1. The Morgan fingerprint density at radius 3 is 2.79 bits per heavy atom. The number of rotatable bonds is 5. The fourth-order valence-corrected chi connectivity index (χ4v) is 1.66. The molecule has 2 rings (SSSR count). The zero-order chi connectivity index (χ0) is 13.8. The van der Waals surface area contributed by atoms with Gasteiger partial charge in [0, 0.05) is 25.4 Å². The van der Waals surface area contributed by atoms with E-state index in [0.717, 1.165) is 5.69 Å². The van der Waals surface area contributed by atoms with Crippen LogP contribution in [0, 0.1) is 6.92 Å². The lowest BCUT2D eigenvalue weighted by atomic mass is 10.2. The molecular formula is C11H15N5O3. The van der Waals surface area contributed by atoms with E-state index in [2.05, 4.69) is 25.9 Å². The molecule has 1 aromatic heterocycles. The highest BCUT2D eigenvalue weighted by Gasteiger charge is 2.30. The van der Waals surface area contributed by atoms with Crippen molar-refractivity contribution in [3.8, 4) is 0 Å². The second kappa shape index (κ2) is 5.72. The van der Waals surface area contributed by atoms with Crippen molar-refractivity contribution in [1.82, 2.24) is 25.9 Å². The summed E-state index contributed by atoms with van der Waals surface area (Å²) in [5.74, 6) is -0.430. The maximum absolute atomic E-state index is 11.3. The summed E-state index contributed by atoms with van der Waals surface area (Å²) in [4.78, 5) is 30.4. The van der Waals surface area contributed by atoms with Crippen molar-refractivity contribution in [2.45, 2.75) is 32.2 Å². The lowest BCUT2D eigenvalue weighted by Gasteiger charge is -2.15. The number of hydrogen-bond donors (Lipinski definition) is 4. The van der Waals surface area contributed by atoms with Gasteiger partial charge in [0.25, 0.3) is 5.91 Å². The number of aliphatic hydroxyl groups excluding tert-OH is 1. The van der Waals surface area contributed by atoms with Crippen LogP contribution in [0.1, 0.15) is 17.8 Å². The van der Waals surface area contributed by atoms with Gasteiger partial charge < -0.3 is 10.4 Å². The zero-order valence-electron chi connectivity index (χ0n) is 10.4. The summed E-state index contributed by atoms with van der Waals surface area (Å²) in [7, 11) is 0. The van der Waals surface area contributed by atoms with E-state index in [-0.39, 0.29) is 6.42 Å². The van der Waals surface area contributed by atoms with Gasteiger partial charge in [-0.3, -0.25) is 25.4 Å². The number of carbonyl (C=O) groups excluding carboxylic acids is 2. The molecule has 102 valence electrons. The van der Waals surface area contributed by atoms with Crippen LogP contribution in [0.4, 0.5) is 4.79 Å². The highest BCUT2D eigenvalue weighted by molar-refractivity contribution is 6.04. The molecule has 1 fully saturated rings. The van der Waals surface area contributed by atoms with Crippen LogP contribution in [0.15, 0.2) is 12.4 Å². The number of amides is 3. The molecule has 1 aliphatic heterocycles. The molecule has 0 bridgehead atoms. The van der Waals surface area contributed by atoms with Gasteiger partial charge in [-0.1, -0.05) is 0 Å². The number of aryl methyl sites for hydroxylation is 1. The van der Waals surface area contributed by atoms with Crippen LogP contribution < -0.4 is 16.0 Å². The lowest BCUT2D eigenvalue weighted by molar-refractivity contribution is -0.120. The monoisotopic (exact) mass is 265 g/mol. The summed E-state index contributed by atoms with van der Waals surface area (Å²) in [5.41, 5.74) is 1.50. The number of hydrogen-bond acceptors (Lipinski definition) is 6. The first-order valence-electron chi connectivity index (χ1n) is 5.85. The normalized spacial score (nSPS) is 20.0. The summed E-state index contributed by atoms with van der Waals surface area (Å²) < 4.78 is 0. The van der Waals surface area contributed by atoms with Crippen LogP contribution >= 0.6 is 0 Å². The van der Waals surface area contributed by atoms with Crippen molar-refractivity contribution in [2.75, 3.05) is 0 Å². The minimum atomic E-state index is -0.919. The minimum absolute atomic E-state index is 0.0941. The topological polar surface area (TPSA) is 116 Å². The van der Waals surface area contributed by atoms with E-state index >= 15 is 0 Å². The van der Waals surface area contributed by atoms with Gasteiger partial charge in [0.05, 0.1) is 11.4 Å².